The molecule has 21 heavy (non-hydrogen) atoms. The van der Waals surface area contributed by atoms with Gasteiger partial charge in [-0.15, -0.1) is 0 Å². The average Bonchev–Trinajstić information content (AvgIpc) is 2.46. The second kappa shape index (κ2) is 8.47. The highest BCUT2D eigenvalue weighted by molar-refractivity contribution is 6.32. The molecule has 0 amide bonds. The van der Waals surface area contributed by atoms with Crippen LogP contribution in [0.25, 0.3) is 0 Å². The van der Waals surface area contributed by atoms with Gasteiger partial charge in [-0.1, -0.05) is 25.4 Å². The minimum atomic E-state index is 0.554. The lowest BCUT2D eigenvalue weighted by Crippen LogP contribution is -2.20. The Kier molecular flexibility index (Phi) is 6.61. The first-order chi connectivity index (χ1) is 10.2. The summed E-state index contributed by atoms with van der Waals surface area (Å²) in [5.74, 6) is 2.08. The first-order valence-electron chi connectivity index (χ1n) is 7.53. The molecule has 0 bridgehead atoms. The van der Waals surface area contributed by atoms with Crippen LogP contribution in [0.1, 0.15) is 25.8 Å². The molecule has 118 valence electrons. The molecule has 1 aliphatic rings. The third kappa shape index (κ3) is 5.38. The van der Waals surface area contributed by atoms with Crippen molar-refractivity contribution in [2.45, 2.75) is 26.8 Å². The molecule has 1 N–H and O–H groups in total. The molecule has 0 aromatic heterocycles. The second-order valence-corrected chi connectivity index (χ2v) is 5.98. The van der Waals surface area contributed by atoms with Gasteiger partial charge in [-0.3, -0.25) is 0 Å². The molecule has 4 nitrogen and oxygen atoms in total. The number of benzene rings is 1. The van der Waals surface area contributed by atoms with Gasteiger partial charge < -0.3 is 19.5 Å². The Balaban J connectivity index is 1.70. The maximum absolute atomic E-state index is 6.20. The zero-order chi connectivity index (χ0) is 15.1. The Morgan fingerprint density at radius 3 is 2.86 bits per heavy atom. The molecule has 0 saturated carbocycles. The van der Waals surface area contributed by atoms with E-state index in [1.165, 1.54) is 0 Å². The minimum absolute atomic E-state index is 0.554. The summed E-state index contributed by atoms with van der Waals surface area (Å²) in [6, 6.07) is 3.90. The summed E-state index contributed by atoms with van der Waals surface area (Å²) in [5, 5.41) is 3.95. The van der Waals surface area contributed by atoms with Gasteiger partial charge in [0, 0.05) is 19.7 Å². The third-order valence-corrected chi connectivity index (χ3v) is 3.53. The van der Waals surface area contributed by atoms with Gasteiger partial charge in [0.05, 0.1) is 11.6 Å². The minimum Gasteiger partial charge on any atom is -0.486 e. The van der Waals surface area contributed by atoms with Crippen LogP contribution in [-0.2, 0) is 11.3 Å². The molecule has 0 saturated heterocycles. The molecule has 2 rings (SSSR count). The number of rotatable bonds is 8. The highest BCUT2D eigenvalue weighted by Crippen LogP contribution is 2.38. The van der Waals surface area contributed by atoms with E-state index in [9.17, 15) is 0 Å². The molecule has 1 heterocycles. The quantitative estimate of drug-likeness (QED) is 0.748. The van der Waals surface area contributed by atoms with Crippen molar-refractivity contribution in [2.75, 3.05) is 33.0 Å². The van der Waals surface area contributed by atoms with Crippen molar-refractivity contribution in [3.05, 3.63) is 22.7 Å². The van der Waals surface area contributed by atoms with Crippen LogP contribution in [0.5, 0.6) is 11.5 Å². The standard InChI is InChI=1S/C16H24ClNO3/c1-12(2)3-5-19-6-4-18-11-13-9-14(17)16-15(10-13)20-7-8-21-16/h9-10,12,18H,3-8,11H2,1-2H3. The van der Waals surface area contributed by atoms with Gasteiger partial charge in [-0.2, -0.15) is 0 Å². The SMILES string of the molecule is CC(C)CCOCCNCc1cc(Cl)c2c(c1)OCCO2. The lowest BCUT2D eigenvalue weighted by Gasteiger charge is -2.20. The predicted molar refractivity (Wildman–Crippen MR) is 84.4 cm³/mol. The van der Waals surface area contributed by atoms with E-state index in [-0.39, 0.29) is 0 Å². The monoisotopic (exact) mass is 313 g/mol. The summed E-state index contributed by atoms with van der Waals surface area (Å²) >= 11 is 6.20. The van der Waals surface area contributed by atoms with E-state index in [4.69, 9.17) is 25.8 Å². The average molecular weight is 314 g/mol. The van der Waals surface area contributed by atoms with Gasteiger partial charge in [-0.05, 0) is 30.0 Å². The zero-order valence-electron chi connectivity index (χ0n) is 12.8. The molecular formula is C16H24ClNO3. The summed E-state index contributed by atoms with van der Waals surface area (Å²) < 4.78 is 16.6. The number of nitrogens with one attached hydrogen (secondary N) is 1. The first kappa shape index (κ1) is 16.4. The maximum atomic E-state index is 6.20. The molecular weight excluding hydrogens is 290 g/mol. The maximum Gasteiger partial charge on any atom is 0.179 e. The second-order valence-electron chi connectivity index (χ2n) is 5.57. The van der Waals surface area contributed by atoms with E-state index >= 15 is 0 Å². The molecule has 0 fully saturated rings. The summed E-state index contributed by atoms with van der Waals surface area (Å²) in [6.07, 6.45) is 1.11. The predicted octanol–water partition coefficient (Wildman–Crippen LogP) is 3.26. The molecule has 0 aliphatic carbocycles. The molecule has 0 atom stereocenters. The number of halogens is 1. The van der Waals surface area contributed by atoms with E-state index in [1.807, 2.05) is 12.1 Å². The summed E-state index contributed by atoms with van der Waals surface area (Å²) in [7, 11) is 0. The van der Waals surface area contributed by atoms with E-state index in [0.717, 1.165) is 44.0 Å². The van der Waals surface area contributed by atoms with Gasteiger partial charge in [0.15, 0.2) is 11.5 Å². The fraction of sp³-hybridized carbons (Fsp3) is 0.625. The van der Waals surface area contributed by atoms with Crippen molar-refractivity contribution >= 4 is 11.6 Å². The first-order valence-corrected chi connectivity index (χ1v) is 7.91. The Bertz CT molecular complexity index is 451. The Labute approximate surface area is 131 Å². The number of ether oxygens (including phenoxy) is 3. The van der Waals surface area contributed by atoms with Crippen LogP contribution >= 0.6 is 11.6 Å². The van der Waals surface area contributed by atoms with Crippen LogP contribution in [0, 0.1) is 5.92 Å². The number of fused-ring (bicyclic) bond motifs is 1. The van der Waals surface area contributed by atoms with Crippen LogP contribution in [0.3, 0.4) is 0 Å². The number of hydrogen-bond acceptors (Lipinski definition) is 4. The van der Waals surface area contributed by atoms with Crippen molar-refractivity contribution in [1.29, 1.82) is 0 Å². The fourth-order valence-electron chi connectivity index (χ4n) is 2.06. The van der Waals surface area contributed by atoms with E-state index in [1.54, 1.807) is 0 Å². The van der Waals surface area contributed by atoms with Crippen LogP contribution in [0.4, 0.5) is 0 Å². The van der Waals surface area contributed by atoms with Crippen molar-refractivity contribution in [3.8, 4) is 11.5 Å². The Morgan fingerprint density at radius 1 is 1.24 bits per heavy atom. The lowest BCUT2D eigenvalue weighted by atomic mass is 10.1. The Hall–Kier alpha value is -0.970. The summed E-state index contributed by atoms with van der Waals surface area (Å²) in [5.41, 5.74) is 1.09. The molecule has 1 aliphatic heterocycles. The topological polar surface area (TPSA) is 39.7 Å². The lowest BCUT2D eigenvalue weighted by molar-refractivity contribution is 0.125. The van der Waals surface area contributed by atoms with E-state index in [0.29, 0.717) is 29.9 Å². The normalized spacial score (nSPS) is 13.7. The van der Waals surface area contributed by atoms with Gasteiger partial charge >= 0.3 is 0 Å². The van der Waals surface area contributed by atoms with Gasteiger partial charge in [0.2, 0.25) is 0 Å². The highest BCUT2D eigenvalue weighted by atomic mass is 35.5. The summed E-state index contributed by atoms with van der Waals surface area (Å²) in [6.45, 7) is 8.65. The van der Waals surface area contributed by atoms with Gasteiger partial charge in [-0.25, -0.2) is 0 Å². The molecule has 1 aromatic carbocycles. The molecule has 5 heteroatoms. The zero-order valence-corrected chi connectivity index (χ0v) is 13.5. The summed E-state index contributed by atoms with van der Waals surface area (Å²) in [4.78, 5) is 0. The van der Waals surface area contributed by atoms with Crippen LogP contribution in [0.2, 0.25) is 5.02 Å². The van der Waals surface area contributed by atoms with Crippen LogP contribution in [-0.4, -0.2) is 33.0 Å². The van der Waals surface area contributed by atoms with Crippen LogP contribution < -0.4 is 14.8 Å². The van der Waals surface area contributed by atoms with E-state index in [2.05, 4.69) is 19.2 Å². The van der Waals surface area contributed by atoms with Crippen molar-refractivity contribution in [2.24, 2.45) is 5.92 Å². The van der Waals surface area contributed by atoms with Gasteiger partial charge in [0.25, 0.3) is 0 Å². The van der Waals surface area contributed by atoms with Gasteiger partial charge in [0.1, 0.15) is 13.2 Å². The smallest absolute Gasteiger partial charge is 0.179 e. The van der Waals surface area contributed by atoms with Crippen LogP contribution in [0.15, 0.2) is 12.1 Å². The van der Waals surface area contributed by atoms with Crippen molar-refractivity contribution < 1.29 is 14.2 Å². The molecule has 0 radical (unpaired) electrons. The molecule has 1 aromatic rings. The van der Waals surface area contributed by atoms with Crippen molar-refractivity contribution in [1.82, 2.24) is 5.32 Å². The molecule has 0 unspecified atom stereocenters. The Morgan fingerprint density at radius 2 is 2.05 bits per heavy atom. The number of hydrogen-bond donors (Lipinski definition) is 1. The largest absolute Gasteiger partial charge is 0.486 e. The van der Waals surface area contributed by atoms with Crippen molar-refractivity contribution in [3.63, 3.8) is 0 Å². The highest BCUT2D eigenvalue weighted by Gasteiger charge is 2.16. The van der Waals surface area contributed by atoms with E-state index < -0.39 is 0 Å². The third-order valence-electron chi connectivity index (χ3n) is 3.25. The fourth-order valence-corrected chi connectivity index (χ4v) is 2.35. The molecule has 0 spiro atoms.